The zero-order chi connectivity index (χ0) is 20.6. The number of aliphatic carboxylic acids is 1. The van der Waals surface area contributed by atoms with Crippen molar-refractivity contribution in [1.29, 1.82) is 0 Å². The zero-order valence-corrected chi connectivity index (χ0v) is 15.8. The van der Waals surface area contributed by atoms with Gasteiger partial charge in [-0.15, -0.1) is 0 Å². The summed E-state index contributed by atoms with van der Waals surface area (Å²) in [6, 6.07) is 17.0. The molecule has 0 aliphatic heterocycles. The Kier molecular flexibility index (Phi) is 6.65. The quantitative estimate of drug-likeness (QED) is 0.577. The lowest BCUT2D eigenvalue weighted by Gasteiger charge is -2.14. The minimum Gasteiger partial charge on any atom is -0.496 e. The van der Waals surface area contributed by atoms with Crippen LogP contribution in [0.1, 0.15) is 16.1 Å². The van der Waals surface area contributed by atoms with E-state index in [2.05, 4.69) is 5.32 Å². The van der Waals surface area contributed by atoms with Crippen LogP contribution in [-0.2, 0) is 16.1 Å². The van der Waals surface area contributed by atoms with Crippen LogP contribution >= 0.6 is 0 Å². The lowest BCUT2D eigenvalue weighted by atomic mass is 10.1. The predicted molar refractivity (Wildman–Crippen MR) is 106 cm³/mol. The number of furan rings is 1. The molecule has 7 nitrogen and oxygen atoms in total. The first-order valence-electron chi connectivity index (χ1n) is 8.95. The molecule has 0 bridgehead atoms. The smallest absolute Gasteiger partial charge is 0.328 e. The van der Waals surface area contributed by atoms with E-state index in [4.69, 9.17) is 13.9 Å². The number of carboxylic acid groups (broad SMARTS) is 1. The van der Waals surface area contributed by atoms with E-state index in [1.807, 2.05) is 48.5 Å². The number of hydrogen-bond acceptors (Lipinski definition) is 5. The second-order valence-electron chi connectivity index (χ2n) is 6.26. The van der Waals surface area contributed by atoms with E-state index in [1.165, 1.54) is 12.3 Å². The average molecular weight is 395 g/mol. The van der Waals surface area contributed by atoms with E-state index in [0.717, 1.165) is 11.1 Å². The summed E-state index contributed by atoms with van der Waals surface area (Å²) in [4.78, 5) is 23.9. The van der Waals surface area contributed by atoms with Gasteiger partial charge in [-0.1, -0.05) is 48.5 Å². The maximum Gasteiger partial charge on any atom is 0.328 e. The van der Waals surface area contributed by atoms with Crippen LogP contribution in [-0.4, -0.2) is 36.7 Å². The van der Waals surface area contributed by atoms with Crippen molar-refractivity contribution in [3.63, 3.8) is 0 Å². The first kappa shape index (κ1) is 20.2. The summed E-state index contributed by atoms with van der Waals surface area (Å²) in [6.45, 7) is 0.0786. The van der Waals surface area contributed by atoms with Crippen molar-refractivity contribution in [2.24, 2.45) is 0 Å². The third kappa shape index (κ3) is 5.24. The molecule has 1 aromatic heterocycles. The van der Waals surface area contributed by atoms with Crippen LogP contribution in [0.4, 0.5) is 0 Å². The van der Waals surface area contributed by atoms with Gasteiger partial charge in [0, 0.05) is 11.1 Å². The van der Waals surface area contributed by atoms with Gasteiger partial charge in [-0.2, -0.15) is 0 Å². The number of amides is 1. The molecule has 1 unspecified atom stereocenters. The van der Waals surface area contributed by atoms with Crippen molar-refractivity contribution in [3.8, 4) is 16.9 Å². The zero-order valence-electron chi connectivity index (χ0n) is 15.8. The normalized spacial score (nSPS) is 11.6. The fraction of sp³-hybridized carbons (Fsp3) is 0.182. The predicted octanol–water partition coefficient (Wildman–Crippen LogP) is 3.36. The number of carbonyl (C=O) groups is 2. The van der Waals surface area contributed by atoms with Gasteiger partial charge in [-0.25, -0.2) is 4.79 Å². The van der Waals surface area contributed by atoms with Gasteiger partial charge in [-0.3, -0.25) is 4.79 Å². The van der Waals surface area contributed by atoms with Gasteiger partial charge >= 0.3 is 5.97 Å². The molecule has 1 atom stereocenters. The highest BCUT2D eigenvalue weighted by atomic mass is 16.5. The van der Waals surface area contributed by atoms with Gasteiger partial charge in [0.15, 0.2) is 11.8 Å². The molecule has 0 aliphatic carbocycles. The van der Waals surface area contributed by atoms with E-state index in [-0.39, 0.29) is 19.0 Å². The minimum absolute atomic E-state index is 0.000200. The molecule has 0 saturated carbocycles. The summed E-state index contributed by atoms with van der Waals surface area (Å²) in [6.07, 6.45) is 1.43. The van der Waals surface area contributed by atoms with Crippen LogP contribution in [0.25, 0.3) is 11.1 Å². The summed E-state index contributed by atoms with van der Waals surface area (Å²) in [5.74, 6) is -1.19. The number of benzene rings is 2. The van der Waals surface area contributed by atoms with E-state index in [0.29, 0.717) is 11.3 Å². The number of carboxylic acids is 1. The molecule has 0 fully saturated rings. The number of nitrogens with one attached hydrogen (secondary N) is 1. The standard InChI is InChI=1S/C22H21NO6/c1-27-19-10-6-5-9-17(19)16-11-20(29-13-16)21(24)23-18(22(25)26)14-28-12-15-7-3-2-4-8-15/h2-11,13,18H,12,14H2,1H3,(H,23,24)(H,25,26). The van der Waals surface area contributed by atoms with E-state index >= 15 is 0 Å². The summed E-state index contributed by atoms with van der Waals surface area (Å²) in [5.41, 5.74) is 2.33. The Bertz CT molecular complexity index is 966. The van der Waals surface area contributed by atoms with Gasteiger partial charge in [0.2, 0.25) is 0 Å². The Hall–Kier alpha value is -3.58. The topological polar surface area (TPSA) is 98.0 Å². The van der Waals surface area contributed by atoms with Crippen molar-refractivity contribution in [2.45, 2.75) is 12.6 Å². The second kappa shape index (κ2) is 9.57. The highest BCUT2D eigenvalue weighted by Gasteiger charge is 2.23. The molecule has 29 heavy (non-hydrogen) atoms. The molecule has 3 rings (SSSR count). The fourth-order valence-corrected chi connectivity index (χ4v) is 2.75. The van der Waals surface area contributed by atoms with Gasteiger partial charge in [0.25, 0.3) is 5.91 Å². The van der Waals surface area contributed by atoms with Crippen LogP contribution in [0.5, 0.6) is 5.75 Å². The molecule has 150 valence electrons. The molecular weight excluding hydrogens is 374 g/mol. The number of methoxy groups -OCH3 is 1. The molecule has 2 aromatic carbocycles. The molecule has 0 aliphatic rings. The largest absolute Gasteiger partial charge is 0.496 e. The minimum atomic E-state index is -1.20. The second-order valence-corrected chi connectivity index (χ2v) is 6.26. The number of para-hydroxylation sites is 1. The summed E-state index contributed by atoms with van der Waals surface area (Å²) < 4.78 is 16.1. The molecule has 2 N–H and O–H groups in total. The Morgan fingerprint density at radius 2 is 1.83 bits per heavy atom. The molecule has 3 aromatic rings. The molecule has 0 saturated heterocycles. The highest BCUT2D eigenvalue weighted by molar-refractivity contribution is 5.95. The fourth-order valence-electron chi connectivity index (χ4n) is 2.75. The number of carbonyl (C=O) groups excluding carboxylic acids is 1. The number of hydrogen-bond donors (Lipinski definition) is 2. The lowest BCUT2D eigenvalue weighted by molar-refractivity contribution is -0.141. The molecule has 0 spiro atoms. The van der Waals surface area contributed by atoms with Crippen molar-refractivity contribution in [2.75, 3.05) is 13.7 Å². The lowest BCUT2D eigenvalue weighted by Crippen LogP contribution is -2.43. The van der Waals surface area contributed by atoms with E-state index < -0.39 is 17.9 Å². The molecule has 0 radical (unpaired) electrons. The van der Waals surface area contributed by atoms with E-state index in [9.17, 15) is 14.7 Å². The summed E-state index contributed by atoms with van der Waals surface area (Å²) in [5, 5.41) is 11.8. The first-order chi connectivity index (χ1) is 14.1. The SMILES string of the molecule is COc1ccccc1-c1coc(C(=O)NC(COCc2ccccc2)C(=O)O)c1. The highest BCUT2D eigenvalue weighted by Crippen LogP contribution is 2.30. The monoisotopic (exact) mass is 395 g/mol. The molecular formula is C22H21NO6. The Balaban J connectivity index is 1.63. The average Bonchev–Trinajstić information content (AvgIpc) is 3.24. The third-order valence-corrected chi connectivity index (χ3v) is 4.24. The van der Waals surface area contributed by atoms with Crippen molar-refractivity contribution < 1.29 is 28.6 Å². The molecule has 7 heteroatoms. The maximum atomic E-state index is 12.4. The van der Waals surface area contributed by atoms with Gasteiger partial charge in [0.1, 0.15) is 5.75 Å². The van der Waals surface area contributed by atoms with Crippen molar-refractivity contribution in [1.82, 2.24) is 5.32 Å². The number of rotatable bonds is 9. The van der Waals surface area contributed by atoms with Crippen molar-refractivity contribution >= 4 is 11.9 Å². The molecule has 1 amide bonds. The van der Waals surface area contributed by atoms with Gasteiger partial charge < -0.3 is 24.3 Å². The van der Waals surface area contributed by atoms with Crippen LogP contribution in [0, 0.1) is 0 Å². The third-order valence-electron chi connectivity index (χ3n) is 4.24. The van der Waals surface area contributed by atoms with Gasteiger partial charge in [-0.05, 0) is 17.7 Å². The summed E-state index contributed by atoms with van der Waals surface area (Å²) >= 11 is 0. The van der Waals surface area contributed by atoms with Gasteiger partial charge in [0.05, 0.1) is 26.6 Å². The van der Waals surface area contributed by atoms with Crippen molar-refractivity contribution in [3.05, 3.63) is 78.3 Å². The van der Waals surface area contributed by atoms with Crippen LogP contribution in [0.15, 0.2) is 71.3 Å². The Morgan fingerprint density at radius 3 is 2.55 bits per heavy atom. The van der Waals surface area contributed by atoms with Crippen LogP contribution in [0.2, 0.25) is 0 Å². The number of ether oxygens (including phenoxy) is 2. The first-order valence-corrected chi connectivity index (χ1v) is 8.95. The molecule has 1 heterocycles. The van der Waals surface area contributed by atoms with Crippen LogP contribution < -0.4 is 10.1 Å². The Labute approximate surface area is 167 Å². The maximum absolute atomic E-state index is 12.4. The van der Waals surface area contributed by atoms with Crippen LogP contribution in [0.3, 0.4) is 0 Å². The Morgan fingerprint density at radius 1 is 1.10 bits per heavy atom. The van der Waals surface area contributed by atoms with E-state index in [1.54, 1.807) is 13.2 Å². The summed E-state index contributed by atoms with van der Waals surface area (Å²) in [7, 11) is 1.55.